The van der Waals surface area contributed by atoms with E-state index < -0.39 is 0 Å². The predicted molar refractivity (Wildman–Crippen MR) is 124 cm³/mol. The van der Waals surface area contributed by atoms with Crippen molar-refractivity contribution in [3.05, 3.63) is 48.2 Å². The number of aromatic hydroxyl groups is 1. The van der Waals surface area contributed by atoms with E-state index >= 15 is 0 Å². The Morgan fingerprint density at radius 1 is 1.09 bits per heavy atom. The van der Waals surface area contributed by atoms with Crippen LogP contribution in [0.25, 0.3) is 22.4 Å². The van der Waals surface area contributed by atoms with Gasteiger partial charge >= 0.3 is 0 Å². The second-order valence-corrected chi connectivity index (χ2v) is 8.35. The fourth-order valence-electron chi connectivity index (χ4n) is 4.30. The molecule has 0 bridgehead atoms. The molecule has 0 amide bonds. The highest BCUT2D eigenvalue weighted by molar-refractivity contribution is 5.85. The molecule has 2 aromatic carbocycles. The maximum Gasteiger partial charge on any atom is 0.128 e. The summed E-state index contributed by atoms with van der Waals surface area (Å²) >= 11 is 0. The van der Waals surface area contributed by atoms with E-state index in [2.05, 4.69) is 28.9 Å². The van der Waals surface area contributed by atoms with Crippen molar-refractivity contribution in [2.75, 3.05) is 33.4 Å². The number of morpholine rings is 1. The van der Waals surface area contributed by atoms with Crippen LogP contribution in [-0.4, -0.2) is 65.8 Å². The normalized spacial score (nSPS) is 19.1. The van der Waals surface area contributed by atoms with Crippen LogP contribution >= 0.6 is 0 Å². The van der Waals surface area contributed by atoms with Crippen LogP contribution in [0.2, 0.25) is 0 Å². The Kier molecular flexibility index (Phi) is 6.67. The van der Waals surface area contributed by atoms with E-state index in [9.17, 15) is 5.11 Å². The third-order valence-corrected chi connectivity index (χ3v) is 5.72. The molecule has 32 heavy (non-hydrogen) atoms. The van der Waals surface area contributed by atoms with Gasteiger partial charge in [-0.3, -0.25) is 10.00 Å². The Morgan fingerprint density at radius 3 is 2.44 bits per heavy atom. The third kappa shape index (κ3) is 4.89. The minimum atomic E-state index is 0.136. The number of phenols is 1. The number of hydrogen-bond acceptors (Lipinski definition) is 6. The van der Waals surface area contributed by atoms with Gasteiger partial charge in [-0.05, 0) is 50.6 Å². The lowest BCUT2D eigenvalue weighted by molar-refractivity contribution is -0.0699. The SMILES string of the molecule is COc1ccc(-c2c(-c3ccc(OCCN4CC(C)OC(C)C4)cc3O)n[nH]c2C)cc1. The number of methoxy groups -OCH3 is 1. The Labute approximate surface area is 188 Å². The first-order valence-electron chi connectivity index (χ1n) is 11.0. The molecule has 3 aromatic rings. The summed E-state index contributed by atoms with van der Waals surface area (Å²) in [5.41, 5.74) is 4.24. The highest BCUT2D eigenvalue weighted by atomic mass is 16.5. The van der Waals surface area contributed by atoms with Gasteiger partial charge in [0.2, 0.25) is 0 Å². The van der Waals surface area contributed by atoms with E-state index in [1.807, 2.05) is 43.3 Å². The summed E-state index contributed by atoms with van der Waals surface area (Å²) in [4.78, 5) is 2.35. The van der Waals surface area contributed by atoms with Crippen molar-refractivity contribution in [3.63, 3.8) is 0 Å². The van der Waals surface area contributed by atoms with Crippen LogP contribution in [0, 0.1) is 6.92 Å². The number of aromatic nitrogens is 2. The number of benzene rings is 2. The van der Waals surface area contributed by atoms with Gasteiger partial charge in [-0.2, -0.15) is 5.10 Å². The number of aromatic amines is 1. The molecule has 1 aromatic heterocycles. The summed E-state index contributed by atoms with van der Waals surface area (Å²) in [5.74, 6) is 1.57. The highest BCUT2D eigenvalue weighted by Gasteiger charge is 2.22. The number of phenolic OH excluding ortho intramolecular Hbond substituents is 1. The summed E-state index contributed by atoms with van der Waals surface area (Å²) in [6, 6.07) is 13.2. The third-order valence-electron chi connectivity index (χ3n) is 5.72. The molecule has 0 saturated carbocycles. The molecular weight excluding hydrogens is 406 g/mol. The molecule has 2 heterocycles. The standard InChI is InChI=1S/C25H31N3O4/c1-16-14-28(15-17(2)32-16)11-12-31-21-9-10-22(23(29)13-21)25-24(18(3)26-27-25)19-5-7-20(30-4)8-6-19/h5-10,13,16-17,29H,11-12,14-15H2,1-4H3,(H,26,27). The van der Waals surface area contributed by atoms with Gasteiger partial charge in [0, 0.05) is 42.5 Å². The van der Waals surface area contributed by atoms with Gasteiger partial charge in [0.25, 0.3) is 0 Å². The molecule has 0 radical (unpaired) electrons. The zero-order chi connectivity index (χ0) is 22.7. The Bertz CT molecular complexity index is 1040. The number of rotatable bonds is 7. The van der Waals surface area contributed by atoms with E-state index in [-0.39, 0.29) is 18.0 Å². The maximum atomic E-state index is 10.7. The van der Waals surface area contributed by atoms with Gasteiger partial charge < -0.3 is 19.3 Å². The van der Waals surface area contributed by atoms with Gasteiger partial charge in [0.1, 0.15) is 29.5 Å². The summed E-state index contributed by atoms with van der Waals surface area (Å²) in [6.07, 6.45) is 0.471. The van der Waals surface area contributed by atoms with Crippen molar-refractivity contribution in [2.45, 2.75) is 33.0 Å². The first-order chi connectivity index (χ1) is 15.4. The molecule has 4 rings (SSSR count). The highest BCUT2D eigenvalue weighted by Crippen LogP contribution is 2.39. The van der Waals surface area contributed by atoms with Crippen molar-refractivity contribution in [2.24, 2.45) is 0 Å². The van der Waals surface area contributed by atoms with E-state index in [4.69, 9.17) is 14.2 Å². The van der Waals surface area contributed by atoms with E-state index in [1.165, 1.54) is 0 Å². The molecule has 1 saturated heterocycles. The number of hydrogen-bond donors (Lipinski definition) is 2. The Morgan fingerprint density at radius 2 is 1.78 bits per heavy atom. The molecule has 2 unspecified atom stereocenters. The molecule has 0 spiro atoms. The zero-order valence-electron chi connectivity index (χ0n) is 19.1. The average Bonchev–Trinajstić information content (AvgIpc) is 3.14. The van der Waals surface area contributed by atoms with E-state index in [1.54, 1.807) is 13.2 Å². The first-order valence-corrected chi connectivity index (χ1v) is 11.0. The van der Waals surface area contributed by atoms with Crippen LogP contribution < -0.4 is 9.47 Å². The molecule has 0 aliphatic carbocycles. The fraction of sp³-hybridized carbons (Fsp3) is 0.400. The topological polar surface area (TPSA) is 79.8 Å². The van der Waals surface area contributed by atoms with Gasteiger partial charge in [-0.1, -0.05) is 12.1 Å². The van der Waals surface area contributed by atoms with Crippen LogP contribution in [-0.2, 0) is 4.74 Å². The number of nitrogens with zero attached hydrogens (tertiary/aromatic N) is 2. The van der Waals surface area contributed by atoms with Crippen molar-refractivity contribution in [1.82, 2.24) is 15.1 Å². The van der Waals surface area contributed by atoms with Crippen LogP contribution in [0.3, 0.4) is 0 Å². The molecule has 1 aliphatic rings. The quantitative estimate of drug-likeness (QED) is 0.575. The smallest absolute Gasteiger partial charge is 0.128 e. The van der Waals surface area contributed by atoms with Crippen LogP contribution in [0.15, 0.2) is 42.5 Å². The van der Waals surface area contributed by atoms with Crippen molar-refractivity contribution < 1.29 is 19.3 Å². The Hall–Kier alpha value is -3.03. The zero-order valence-corrected chi connectivity index (χ0v) is 19.1. The number of H-pyrrole nitrogens is 1. The lowest BCUT2D eigenvalue weighted by Gasteiger charge is -2.35. The van der Waals surface area contributed by atoms with Gasteiger partial charge in [-0.15, -0.1) is 0 Å². The largest absolute Gasteiger partial charge is 0.507 e. The average molecular weight is 438 g/mol. The van der Waals surface area contributed by atoms with Crippen LogP contribution in [0.5, 0.6) is 17.2 Å². The maximum absolute atomic E-state index is 10.7. The van der Waals surface area contributed by atoms with Crippen LogP contribution in [0.1, 0.15) is 19.5 Å². The molecule has 1 fully saturated rings. The lowest BCUT2D eigenvalue weighted by atomic mass is 9.98. The van der Waals surface area contributed by atoms with Gasteiger partial charge in [-0.25, -0.2) is 0 Å². The molecule has 2 N–H and O–H groups in total. The molecule has 7 nitrogen and oxygen atoms in total. The summed E-state index contributed by atoms with van der Waals surface area (Å²) in [5, 5.41) is 18.2. The first kappa shape index (κ1) is 22.2. The van der Waals surface area contributed by atoms with E-state index in [0.717, 1.165) is 42.2 Å². The number of nitrogens with one attached hydrogen (secondary N) is 1. The minimum absolute atomic E-state index is 0.136. The van der Waals surface area contributed by atoms with E-state index in [0.29, 0.717) is 23.6 Å². The van der Waals surface area contributed by atoms with Gasteiger partial charge in [0.05, 0.1) is 19.3 Å². The predicted octanol–water partition coefficient (Wildman–Crippen LogP) is 4.25. The van der Waals surface area contributed by atoms with Gasteiger partial charge in [0.15, 0.2) is 0 Å². The second-order valence-electron chi connectivity index (χ2n) is 8.35. The number of aryl methyl sites for hydroxylation is 1. The molecule has 7 heteroatoms. The summed E-state index contributed by atoms with van der Waals surface area (Å²) in [7, 11) is 1.65. The lowest BCUT2D eigenvalue weighted by Crippen LogP contribution is -2.46. The Balaban J connectivity index is 1.47. The van der Waals surface area contributed by atoms with Crippen LogP contribution in [0.4, 0.5) is 0 Å². The number of ether oxygens (including phenoxy) is 3. The monoisotopic (exact) mass is 437 g/mol. The summed E-state index contributed by atoms with van der Waals surface area (Å²) in [6.45, 7) is 9.35. The molecular formula is C25H31N3O4. The molecule has 1 aliphatic heterocycles. The van der Waals surface area contributed by atoms with Crippen molar-refractivity contribution in [3.8, 4) is 39.6 Å². The second kappa shape index (κ2) is 9.63. The van der Waals surface area contributed by atoms with Crippen molar-refractivity contribution >= 4 is 0 Å². The fourth-order valence-corrected chi connectivity index (χ4v) is 4.30. The molecule has 170 valence electrons. The summed E-state index contributed by atoms with van der Waals surface area (Å²) < 4.78 is 16.9. The molecule has 2 atom stereocenters. The minimum Gasteiger partial charge on any atom is -0.507 e. The van der Waals surface area contributed by atoms with Crippen molar-refractivity contribution in [1.29, 1.82) is 0 Å².